The number of aromatic nitrogens is 1. The Labute approximate surface area is 68.3 Å². The summed E-state index contributed by atoms with van der Waals surface area (Å²) in [5.74, 6) is 4.65. The Morgan fingerprint density at radius 3 is 3.08 bits per heavy atom. The van der Waals surface area contributed by atoms with E-state index in [0.29, 0.717) is 5.56 Å². The van der Waals surface area contributed by atoms with Gasteiger partial charge in [-0.25, -0.2) is 16.4 Å². The minimum absolute atomic E-state index is 0.177. The minimum atomic E-state index is -0.428. The zero-order chi connectivity index (χ0) is 8.97. The minimum Gasteiger partial charge on any atom is -0.290 e. The van der Waals surface area contributed by atoms with E-state index in [1.54, 1.807) is 0 Å². The Balaban J connectivity index is 3.01. The Morgan fingerprint density at radius 1 is 1.75 bits per heavy atom. The van der Waals surface area contributed by atoms with Crippen molar-refractivity contribution in [1.29, 1.82) is 5.53 Å². The molecule has 0 radical (unpaired) electrons. The van der Waals surface area contributed by atoms with E-state index < -0.39 is 5.91 Å². The third kappa shape index (κ3) is 1.61. The van der Waals surface area contributed by atoms with Crippen LogP contribution in [0.5, 0.6) is 0 Å². The van der Waals surface area contributed by atoms with E-state index in [2.05, 4.69) is 10.1 Å². The molecule has 1 heterocycles. The van der Waals surface area contributed by atoms with Gasteiger partial charge in [-0.05, 0) is 12.1 Å². The molecular weight excluding hydrogens is 158 g/mol. The molecule has 1 aromatic rings. The number of hydrogen-bond donors (Lipinski definition) is 3. The highest BCUT2D eigenvalue weighted by Crippen LogP contribution is 2.08. The molecule has 1 aromatic heterocycles. The van der Waals surface area contributed by atoms with Crippen LogP contribution in [0.4, 0.5) is 5.82 Å². The first-order valence-electron chi connectivity index (χ1n) is 3.12. The number of nitrogen functional groups attached to an aromatic ring is 1. The van der Waals surface area contributed by atoms with E-state index in [4.69, 9.17) is 11.4 Å². The van der Waals surface area contributed by atoms with Gasteiger partial charge < -0.3 is 0 Å². The number of rotatable bonds is 2. The van der Waals surface area contributed by atoms with Gasteiger partial charge in [-0.2, -0.15) is 0 Å². The van der Waals surface area contributed by atoms with Gasteiger partial charge in [-0.3, -0.25) is 10.2 Å². The average molecular weight is 165 g/mol. The maximum Gasteiger partial charge on any atom is 0.265 e. The fourth-order valence-electron chi connectivity index (χ4n) is 0.704. The lowest BCUT2D eigenvalue weighted by atomic mass is 10.2. The van der Waals surface area contributed by atoms with Gasteiger partial charge in [0.25, 0.3) is 5.91 Å². The van der Waals surface area contributed by atoms with Crippen molar-refractivity contribution >= 4 is 11.7 Å². The highest BCUT2D eigenvalue weighted by molar-refractivity contribution is 5.94. The lowest BCUT2D eigenvalue weighted by Crippen LogP contribution is -2.29. The molecule has 0 aromatic carbocycles. The largest absolute Gasteiger partial charge is 0.290 e. The van der Waals surface area contributed by atoms with Gasteiger partial charge in [0.1, 0.15) is 0 Å². The molecule has 6 heteroatoms. The molecule has 6 nitrogen and oxygen atoms in total. The highest BCUT2D eigenvalue weighted by Gasteiger charge is 2.03. The molecule has 0 atom stereocenters. The summed E-state index contributed by atoms with van der Waals surface area (Å²) in [4.78, 5) is 14.6. The maximum absolute atomic E-state index is 10.9. The van der Waals surface area contributed by atoms with Crippen molar-refractivity contribution < 1.29 is 4.79 Å². The molecular formula is C6H7N5O. The second-order valence-electron chi connectivity index (χ2n) is 1.99. The molecule has 0 spiro atoms. The number of carbonyl (C=O) groups excluding carboxylic acids is 1. The Morgan fingerprint density at radius 2 is 2.50 bits per heavy atom. The standard InChI is InChI=1S/C6H7N5O/c7-10-5-3-4(1-2-9-5)6(12)11-8/h1-3,7H,8H2,(H,11,12). The molecule has 62 valence electrons. The molecule has 1 rings (SSSR count). The summed E-state index contributed by atoms with van der Waals surface area (Å²) >= 11 is 0. The van der Waals surface area contributed by atoms with E-state index in [9.17, 15) is 4.79 Å². The van der Waals surface area contributed by atoms with E-state index in [1.807, 2.05) is 5.43 Å². The molecule has 0 aliphatic heterocycles. The third-order valence-corrected chi connectivity index (χ3v) is 1.25. The van der Waals surface area contributed by atoms with Crippen LogP contribution in [0.25, 0.3) is 0 Å². The third-order valence-electron chi connectivity index (χ3n) is 1.25. The number of nitrogens with two attached hydrogens (primary N) is 1. The summed E-state index contributed by atoms with van der Waals surface area (Å²) in [5.41, 5.74) is 8.93. The lowest BCUT2D eigenvalue weighted by Gasteiger charge is -1.97. The van der Waals surface area contributed by atoms with Crippen molar-refractivity contribution in [2.45, 2.75) is 0 Å². The zero-order valence-electron chi connectivity index (χ0n) is 6.11. The van der Waals surface area contributed by atoms with Gasteiger partial charge >= 0.3 is 0 Å². The van der Waals surface area contributed by atoms with Gasteiger partial charge in [0, 0.05) is 11.8 Å². The molecule has 0 aliphatic rings. The van der Waals surface area contributed by atoms with E-state index >= 15 is 0 Å². The van der Waals surface area contributed by atoms with E-state index in [-0.39, 0.29) is 5.82 Å². The van der Waals surface area contributed by atoms with Gasteiger partial charge in [0.15, 0.2) is 5.82 Å². The zero-order valence-corrected chi connectivity index (χ0v) is 6.11. The van der Waals surface area contributed by atoms with Crippen molar-refractivity contribution in [2.24, 2.45) is 11.0 Å². The van der Waals surface area contributed by atoms with Crippen LogP contribution >= 0.6 is 0 Å². The summed E-state index contributed by atoms with van der Waals surface area (Å²) in [7, 11) is 0. The molecule has 0 aliphatic carbocycles. The first kappa shape index (κ1) is 8.28. The average Bonchev–Trinajstić information content (AvgIpc) is 2.17. The Bertz CT molecular complexity index is 311. The molecule has 12 heavy (non-hydrogen) atoms. The smallest absolute Gasteiger partial charge is 0.265 e. The van der Waals surface area contributed by atoms with E-state index in [0.717, 1.165) is 0 Å². The van der Waals surface area contributed by atoms with Gasteiger partial charge in [-0.15, -0.1) is 5.11 Å². The van der Waals surface area contributed by atoms with Gasteiger partial charge in [0.2, 0.25) is 0 Å². The first-order chi connectivity index (χ1) is 5.77. The maximum atomic E-state index is 10.9. The number of nitrogens with zero attached hydrogens (tertiary/aromatic N) is 2. The molecule has 0 saturated carbocycles. The predicted molar refractivity (Wildman–Crippen MR) is 40.7 cm³/mol. The van der Waals surface area contributed by atoms with Crippen LogP contribution in [0.2, 0.25) is 0 Å². The summed E-state index contributed by atoms with van der Waals surface area (Å²) in [6.45, 7) is 0. The quantitative estimate of drug-likeness (QED) is 0.255. The molecule has 0 fully saturated rings. The van der Waals surface area contributed by atoms with E-state index in [1.165, 1.54) is 18.3 Å². The van der Waals surface area contributed by atoms with Crippen LogP contribution < -0.4 is 11.3 Å². The Hall–Kier alpha value is -1.82. The number of hydrazine groups is 1. The van der Waals surface area contributed by atoms with Crippen LogP contribution in [0.1, 0.15) is 10.4 Å². The fourth-order valence-corrected chi connectivity index (χ4v) is 0.704. The molecule has 0 unspecified atom stereocenters. The second kappa shape index (κ2) is 3.54. The van der Waals surface area contributed by atoms with Crippen molar-refractivity contribution in [3.05, 3.63) is 23.9 Å². The van der Waals surface area contributed by atoms with Gasteiger partial charge in [0.05, 0.1) is 0 Å². The fraction of sp³-hybridized carbons (Fsp3) is 0. The molecule has 1 amide bonds. The molecule has 4 N–H and O–H groups in total. The van der Waals surface area contributed by atoms with Crippen molar-refractivity contribution in [1.82, 2.24) is 10.4 Å². The molecule has 0 bridgehead atoms. The number of nitrogens with one attached hydrogen (secondary N) is 2. The summed E-state index contributed by atoms with van der Waals surface area (Å²) < 4.78 is 0. The van der Waals surface area contributed by atoms with Crippen molar-refractivity contribution in [3.63, 3.8) is 0 Å². The van der Waals surface area contributed by atoms with Gasteiger partial charge in [-0.1, -0.05) is 0 Å². The Kier molecular flexibility index (Phi) is 2.44. The van der Waals surface area contributed by atoms with Crippen molar-refractivity contribution in [3.8, 4) is 0 Å². The monoisotopic (exact) mass is 165 g/mol. The summed E-state index contributed by atoms with van der Waals surface area (Å²) in [6, 6.07) is 2.85. The van der Waals surface area contributed by atoms with Crippen LogP contribution in [-0.4, -0.2) is 10.9 Å². The van der Waals surface area contributed by atoms with Crippen LogP contribution in [-0.2, 0) is 0 Å². The normalized spacial score (nSPS) is 9.08. The summed E-state index contributed by atoms with van der Waals surface area (Å²) in [5, 5.41) is 3.07. The highest BCUT2D eigenvalue weighted by atomic mass is 16.2. The molecule has 0 saturated heterocycles. The van der Waals surface area contributed by atoms with Crippen molar-refractivity contribution in [2.75, 3.05) is 0 Å². The summed E-state index contributed by atoms with van der Waals surface area (Å²) in [6.07, 6.45) is 1.39. The number of pyridine rings is 1. The second-order valence-corrected chi connectivity index (χ2v) is 1.99. The number of hydrogen-bond acceptors (Lipinski definition) is 5. The SMILES string of the molecule is N=Nc1cc(C(=O)NN)ccn1. The first-order valence-corrected chi connectivity index (χ1v) is 3.12. The van der Waals surface area contributed by atoms with Crippen LogP contribution in [0.3, 0.4) is 0 Å². The van der Waals surface area contributed by atoms with Crippen LogP contribution in [0.15, 0.2) is 23.4 Å². The number of carbonyl (C=O) groups is 1. The topological polar surface area (TPSA) is 104 Å². The predicted octanol–water partition coefficient (Wildman–Crippen LogP) is 0.348. The lowest BCUT2D eigenvalue weighted by molar-refractivity contribution is 0.0953. The number of amides is 1. The van der Waals surface area contributed by atoms with Crippen LogP contribution in [0, 0.1) is 5.53 Å².